The molecule has 2 unspecified atom stereocenters. The first-order valence-electron chi connectivity index (χ1n) is 6.31. The van der Waals surface area contributed by atoms with Crippen LogP contribution in [0, 0.1) is 6.92 Å². The highest BCUT2D eigenvalue weighted by atomic mass is 32.2. The fourth-order valence-corrected chi connectivity index (χ4v) is 4.18. The molecule has 0 spiro atoms. The number of hydrogen-bond acceptors (Lipinski definition) is 6. The van der Waals surface area contributed by atoms with E-state index in [-0.39, 0.29) is 30.3 Å². The number of carboxylic acid groups (broad SMARTS) is 1. The minimum absolute atomic E-state index is 0.0380. The Kier molecular flexibility index (Phi) is 4.33. The number of aromatic amines is 1. The third-order valence-electron chi connectivity index (χ3n) is 3.31. The van der Waals surface area contributed by atoms with E-state index in [0.717, 1.165) is 4.31 Å². The van der Waals surface area contributed by atoms with Gasteiger partial charge in [-0.15, -0.1) is 0 Å². The molecule has 10 heteroatoms. The smallest absolute Gasteiger partial charge is 0.357 e. The van der Waals surface area contributed by atoms with Crippen LogP contribution >= 0.6 is 0 Å². The number of ether oxygens (including phenoxy) is 1. The summed E-state index contributed by atoms with van der Waals surface area (Å²) < 4.78 is 31.9. The van der Waals surface area contributed by atoms with Crippen LogP contribution < -0.4 is 0 Å². The summed E-state index contributed by atoms with van der Waals surface area (Å²) in [5, 5.41) is 24.1. The predicted octanol–water partition coefficient (Wildman–Crippen LogP) is -0.813. The second-order valence-corrected chi connectivity index (χ2v) is 6.72. The van der Waals surface area contributed by atoms with Crippen molar-refractivity contribution in [1.29, 1.82) is 0 Å². The highest BCUT2D eigenvalue weighted by molar-refractivity contribution is 7.89. The molecular formula is C11H17N3O6S. The second kappa shape index (κ2) is 5.72. The molecule has 2 rings (SSSR count). The van der Waals surface area contributed by atoms with Crippen LogP contribution in [0.2, 0.25) is 0 Å². The van der Waals surface area contributed by atoms with Gasteiger partial charge in [-0.05, 0) is 13.8 Å². The molecule has 1 fully saturated rings. The fourth-order valence-electron chi connectivity index (χ4n) is 2.23. The van der Waals surface area contributed by atoms with Gasteiger partial charge >= 0.3 is 5.97 Å². The van der Waals surface area contributed by atoms with Gasteiger partial charge in [0, 0.05) is 12.6 Å². The Morgan fingerprint density at radius 3 is 2.81 bits per heavy atom. The molecule has 1 aliphatic heterocycles. The van der Waals surface area contributed by atoms with Crippen LogP contribution in [0.25, 0.3) is 0 Å². The SMILES string of the molecule is Cc1[nH]nc(C(=O)O)c1S(=O)(=O)N1CC(CO)OCC1C. The van der Waals surface area contributed by atoms with Gasteiger partial charge in [0.25, 0.3) is 0 Å². The molecule has 1 aliphatic rings. The molecule has 0 aromatic carbocycles. The van der Waals surface area contributed by atoms with E-state index in [1.54, 1.807) is 6.92 Å². The zero-order chi connectivity index (χ0) is 15.8. The number of aromatic carboxylic acids is 1. The Bertz CT molecular complexity index is 640. The van der Waals surface area contributed by atoms with E-state index in [1.807, 2.05) is 0 Å². The summed E-state index contributed by atoms with van der Waals surface area (Å²) in [7, 11) is -4.05. The first-order valence-corrected chi connectivity index (χ1v) is 7.75. The molecule has 9 nitrogen and oxygen atoms in total. The van der Waals surface area contributed by atoms with Crippen LogP contribution in [0.1, 0.15) is 23.1 Å². The van der Waals surface area contributed by atoms with E-state index in [0.29, 0.717) is 0 Å². The van der Waals surface area contributed by atoms with Crippen LogP contribution in [-0.2, 0) is 14.8 Å². The number of aliphatic hydroxyl groups excluding tert-OH is 1. The van der Waals surface area contributed by atoms with Crippen molar-refractivity contribution in [3.8, 4) is 0 Å². The molecule has 0 aliphatic carbocycles. The summed E-state index contributed by atoms with van der Waals surface area (Å²) in [6.45, 7) is 2.88. The molecule has 3 N–H and O–H groups in total. The lowest BCUT2D eigenvalue weighted by Gasteiger charge is -2.36. The van der Waals surface area contributed by atoms with Gasteiger partial charge in [0.2, 0.25) is 10.0 Å². The summed E-state index contributed by atoms with van der Waals surface area (Å²) in [6, 6.07) is -0.464. The van der Waals surface area contributed by atoms with Crippen LogP contribution in [0.3, 0.4) is 0 Å². The highest BCUT2D eigenvalue weighted by Crippen LogP contribution is 2.26. The topological polar surface area (TPSA) is 133 Å². The van der Waals surface area contributed by atoms with Crippen molar-refractivity contribution in [2.45, 2.75) is 30.9 Å². The molecule has 2 atom stereocenters. The lowest BCUT2D eigenvalue weighted by atomic mass is 10.2. The largest absolute Gasteiger partial charge is 0.476 e. The fraction of sp³-hybridized carbons (Fsp3) is 0.636. The summed E-state index contributed by atoms with van der Waals surface area (Å²) in [5.74, 6) is -1.42. The van der Waals surface area contributed by atoms with Crippen LogP contribution in [0.5, 0.6) is 0 Å². The summed E-state index contributed by atoms with van der Waals surface area (Å²) in [4.78, 5) is 10.8. The number of nitrogens with zero attached hydrogens (tertiary/aromatic N) is 2. The lowest BCUT2D eigenvalue weighted by Crippen LogP contribution is -2.52. The van der Waals surface area contributed by atoms with Crippen LogP contribution in [-0.4, -0.2) is 71.0 Å². The minimum atomic E-state index is -4.05. The van der Waals surface area contributed by atoms with Gasteiger partial charge in [-0.1, -0.05) is 0 Å². The normalized spacial score (nSPS) is 24.1. The van der Waals surface area contributed by atoms with Crippen molar-refractivity contribution in [3.05, 3.63) is 11.4 Å². The Balaban J connectivity index is 2.46. The minimum Gasteiger partial charge on any atom is -0.476 e. The van der Waals surface area contributed by atoms with Gasteiger partial charge in [-0.2, -0.15) is 9.40 Å². The Morgan fingerprint density at radius 1 is 1.57 bits per heavy atom. The van der Waals surface area contributed by atoms with Gasteiger partial charge in [-0.25, -0.2) is 13.2 Å². The average Bonchev–Trinajstić information content (AvgIpc) is 2.82. The number of morpholine rings is 1. The number of sulfonamides is 1. The maximum absolute atomic E-state index is 12.7. The van der Waals surface area contributed by atoms with Crippen molar-refractivity contribution in [2.75, 3.05) is 19.8 Å². The molecule has 0 bridgehead atoms. The van der Waals surface area contributed by atoms with Crippen molar-refractivity contribution < 1.29 is 28.2 Å². The standard InChI is InChI=1S/C11H17N3O6S/c1-6-5-20-8(4-15)3-14(6)21(18,19)10-7(2)12-13-9(10)11(16)17/h6,8,15H,3-5H2,1-2H3,(H,12,13)(H,16,17). The van der Waals surface area contributed by atoms with Gasteiger partial charge in [-0.3, -0.25) is 5.10 Å². The van der Waals surface area contributed by atoms with Crippen LogP contribution in [0.15, 0.2) is 4.90 Å². The molecule has 2 heterocycles. The van der Waals surface area contributed by atoms with Gasteiger partial charge in [0.15, 0.2) is 5.69 Å². The zero-order valence-electron chi connectivity index (χ0n) is 11.6. The first-order chi connectivity index (χ1) is 9.78. The number of rotatable bonds is 4. The lowest BCUT2D eigenvalue weighted by molar-refractivity contribution is -0.0516. The summed E-state index contributed by atoms with van der Waals surface area (Å²) in [6.07, 6.45) is -0.628. The van der Waals surface area contributed by atoms with Gasteiger partial charge in [0.05, 0.1) is 25.0 Å². The average molecular weight is 319 g/mol. The van der Waals surface area contributed by atoms with E-state index in [9.17, 15) is 13.2 Å². The third-order valence-corrected chi connectivity index (χ3v) is 5.45. The number of aromatic nitrogens is 2. The number of H-pyrrole nitrogens is 1. The quantitative estimate of drug-likeness (QED) is 0.660. The highest BCUT2D eigenvalue weighted by Gasteiger charge is 2.39. The summed E-state index contributed by atoms with van der Waals surface area (Å²) in [5.41, 5.74) is -0.376. The maximum atomic E-state index is 12.7. The molecular weight excluding hydrogens is 302 g/mol. The third kappa shape index (κ3) is 2.79. The number of nitrogens with one attached hydrogen (secondary N) is 1. The van der Waals surface area contributed by atoms with Gasteiger partial charge < -0.3 is 14.9 Å². The van der Waals surface area contributed by atoms with Crippen molar-refractivity contribution >= 4 is 16.0 Å². The van der Waals surface area contributed by atoms with E-state index >= 15 is 0 Å². The number of aliphatic hydroxyl groups is 1. The molecule has 1 aromatic heterocycles. The molecule has 0 amide bonds. The Hall–Kier alpha value is -1.49. The van der Waals surface area contributed by atoms with Gasteiger partial charge in [0.1, 0.15) is 4.90 Å². The Labute approximate surface area is 121 Å². The van der Waals surface area contributed by atoms with E-state index in [4.69, 9.17) is 14.9 Å². The van der Waals surface area contributed by atoms with Crippen molar-refractivity contribution in [2.24, 2.45) is 0 Å². The Morgan fingerprint density at radius 2 is 2.24 bits per heavy atom. The molecule has 0 radical (unpaired) electrons. The molecule has 118 valence electrons. The maximum Gasteiger partial charge on any atom is 0.357 e. The predicted molar refractivity (Wildman–Crippen MR) is 70.5 cm³/mol. The summed E-state index contributed by atoms with van der Waals surface area (Å²) >= 11 is 0. The van der Waals surface area contributed by atoms with E-state index in [1.165, 1.54) is 6.92 Å². The molecule has 21 heavy (non-hydrogen) atoms. The number of hydrogen-bond donors (Lipinski definition) is 3. The second-order valence-electron chi connectivity index (χ2n) is 4.89. The monoisotopic (exact) mass is 319 g/mol. The molecule has 0 saturated carbocycles. The van der Waals surface area contributed by atoms with E-state index in [2.05, 4.69) is 10.2 Å². The first kappa shape index (κ1) is 15.9. The van der Waals surface area contributed by atoms with Crippen molar-refractivity contribution in [3.63, 3.8) is 0 Å². The number of carboxylic acids is 1. The molecule has 1 aromatic rings. The number of carbonyl (C=O) groups is 1. The van der Waals surface area contributed by atoms with Crippen molar-refractivity contribution in [1.82, 2.24) is 14.5 Å². The van der Waals surface area contributed by atoms with Crippen LogP contribution in [0.4, 0.5) is 0 Å². The zero-order valence-corrected chi connectivity index (χ0v) is 12.4. The van der Waals surface area contributed by atoms with E-state index < -0.39 is 33.8 Å². The molecule has 1 saturated heterocycles. The number of aryl methyl sites for hydroxylation is 1.